The molecule has 0 aliphatic carbocycles. The third-order valence-corrected chi connectivity index (χ3v) is 6.50. The molecule has 1 heterocycles. The largest absolute Gasteiger partial charge is 0.489 e. The monoisotopic (exact) mass is 458 g/mol. The zero-order valence-electron chi connectivity index (χ0n) is 21.6. The Kier molecular flexibility index (Phi) is 10.6. The highest BCUT2D eigenvalue weighted by atomic mass is 16.5. The zero-order valence-corrected chi connectivity index (χ0v) is 21.6. The van der Waals surface area contributed by atoms with Crippen molar-refractivity contribution in [3.05, 3.63) is 65.7 Å². The summed E-state index contributed by atoms with van der Waals surface area (Å²) >= 11 is 0. The van der Waals surface area contributed by atoms with E-state index in [0.717, 1.165) is 40.9 Å². The van der Waals surface area contributed by atoms with E-state index in [9.17, 15) is 0 Å². The van der Waals surface area contributed by atoms with E-state index in [1.807, 2.05) is 42.5 Å². The molecule has 3 rings (SSSR count). The van der Waals surface area contributed by atoms with Crippen molar-refractivity contribution in [1.29, 1.82) is 0 Å². The van der Waals surface area contributed by atoms with E-state index in [4.69, 9.17) is 9.47 Å². The first-order valence-electron chi connectivity index (χ1n) is 13.1. The van der Waals surface area contributed by atoms with Crippen molar-refractivity contribution in [2.45, 2.75) is 85.4 Å². The van der Waals surface area contributed by atoms with E-state index in [2.05, 4.69) is 57.7 Å². The summed E-state index contributed by atoms with van der Waals surface area (Å²) in [6.45, 7) is 9.93. The Bertz CT molecular complexity index is 948. The molecule has 0 amide bonds. The van der Waals surface area contributed by atoms with Crippen LogP contribution in [-0.4, -0.2) is 6.10 Å². The minimum absolute atomic E-state index is 0.170. The molecule has 0 spiro atoms. The van der Waals surface area contributed by atoms with Crippen molar-refractivity contribution in [3.8, 4) is 23.3 Å². The fraction of sp³-hybridized carbons (Fsp3) is 0.500. The maximum absolute atomic E-state index is 6.08. The summed E-state index contributed by atoms with van der Waals surface area (Å²) in [5, 5.41) is 0. The van der Waals surface area contributed by atoms with Gasteiger partial charge in [0.15, 0.2) is 6.10 Å². The Morgan fingerprint density at radius 3 is 2.38 bits per heavy atom. The molecule has 0 aromatic heterocycles. The van der Waals surface area contributed by atoms with Crippen LogP contribution in [0.2, 0.25) is 0 Å². The summed E-state index contributed by atoms with van der Waals surface area (Å²) in [5.74, 6) is 10.7. The fourth-order valence-electron chi connectivity index (χ4n) is 4.31. The quantitative estimate of drug-likeness (QED) is 0.296. The van der Waals surface area contributed by atoms with Crippen LogP contribution >= 0.6 is 0 Å². The van der Waals surface area contributed by atoms with E-state index in [1.165, 1.54) is 38.5 Å². The molecule has 2 nitrogen and oxygen atoms in total. The highest BCUT2D eigenvalue weighted by Crippen LogP contribution is 2.30. The predicted molar refractivity (Wildman–Crippen MR) is 144 cm³/mol. The second-order valence-electron chi connectivity index (χ2n) is 10.4. The predicted octanol–water partition coefficient (Wildman–Crippen LogP) is 8.70. The number of benzene rings is 2. The summed E-state index contributed by atoms with van der Waals surface area (Å²) in [4.78, 5) is 0. The molecule has 3 atom stereocenters. The average molecular weight is 459 g/mol. The van der Waals surface area contributed by atoms with Gasteiger partial charge < -0.3 is 9.47 Å². The van der Waals surface area contributed by atoms with Gasteiger partial charge >= 0.3 is 0 Å². The molecule has 1 aliphatic heterocycles. The van der Waals surface area contributed by atoms with Crippen LogP contribution in [0.15, 0.2) is 54.6 Å². The summed E-state index contributed by atoms with van der Waals surface area (Å²) in [6, 6.07) is 16.2. The maximum atomic E-state index is 6.08. The standard InChI is InChI=1S/C32H42O2/c1-25(2)11-8-12-26(3)13-9-14-27(4)15-10-18-30-20-19-29-23-31(21-22-32(29)34-30)33-24-28-16-6-5-7-17-28/h5-7,16-17,19-23,25-27,30H,8-9,11-15,24H2,1-4H3. The molecule has 0 saturated carbocycles. The summed E-state index contributed by atoms with van der Waals surface area (Å²) in [5.41, 5.74) is 2.20. The third-order valence-electron chi connectivity index (χ3n) is 6.50. The zero-order chi connectivity index (χ0) is 24.2. The molecule has 3 unspecified atom stereocenters. The average Bonchev–Trinajstić information content (AvgIpc) is 2.83. The van der Waals surface area contributed by atoms with E-state index >= 15 is 0 Å². The molecule has 0 saturated heterocycles. The smallest absolute Gasteiger partial charge is 0.177 e. The van der Waals surface area contributed by atoms with Gasteiger partial charge in [-0.1, -0.05) is 108 Å². The fourth-order valence-corrected chi connectivity index (χ4v) is 4.31. The first-order chi connectivity index (χ1) is 16.5. The van der Waals surface area contributed by atoms with Gasteiger partial charge in [0.05, 0.1) is 0 Å². The van der Waals surface area contributed by atoms with Crippen LogP contribution in [0.5, 0.6) is 11.5 Å². The Hall–Kier alpha value is -2.66. The highest BCUT2D eigenvalue weighted by Gasteiger charge is 2.13. The topological polar surface area (TPSA) is 18.5 Å². The van der Waals surface area contributed by atoms with Crippen molar-refractivity contribution < 1.29 is 9.47 Å². The molecular formula is C32H42O2. The molecular weight excluding hydrogens is 416 g/mol. The van der Waals surface area contributed by atoms with Crippen LogP contribution in [0.4, 0.5) is 0 Å². The van der Waals surface area contributed by atoms with E-state index < -0.39 is 0 Å². The first kappa shape index (κ1) is 26.0. The molecule has 34 heavy (non-hydrogen) atoms. The number of rotatable bonds is 12. The molecule has 0 bridgehead atoms. The number of fused-ring (bicyclic) bond motifs is 1. The lowest BCUT2D eigenvalue weighted by atomic mass is 9.93. The molecule has 1 aliphatic rings. The van der Waals surface area contributed by atoms with Crippen LogP contribution in [0.25, 0.3) is 6.08 Å². The first-order valence-corrected chi connectivity index (χ1v) is 13.1. The number of ether oxygens (including phenoxy) is 2. The molecule has 0 fully saturated rings. The van der Waals surface area contributed by atoms with Gasteiger partial charge in [-0.25, -0.2) is 0 Å². The summed E-state index contributed by atoms with van der Waals surface area (Å²) in [7, 11) is 0. The summed E-state index contributed by atoms with van der Waals surface area (Å²) in [6.07, 6.45) is 12.9. The Labute approximate surface area is 207 Å². The molecule has 2 aromatic rings. The lowest BCUT2D eigenvalue weighted by molar-refractivity contribution is 0.293. The Morgan fingerprint density at radius 1 is 0.882 bits per heavy atom. The van der Waals surface area contributed by atoms with Gasteiger partial charge in [-0.15, -0.1) is 0 Å². The highest BCUT2D eigenvalue weighted by molar-refractivity contribution is 5.62. The molecule has 2 aromatic carbocycles. The third kappa shape index (κ3) is 9.30. The number of hydrogen-bond donors (Lipinski definition) is 0. The van der Waals surface area contributed by atoms with Crippen LogP contribution in [0.1, 0.15) is 83.8 Å². The minimum Gasteiger partial charge on any atom is -0.489 e. The molecule has 182 valence electrons. The molecule has 2 heteroatoms. The number of hydrogen-bond acceptors (Lipinski definition) is 2. The van der Waals surface area contributed by atoms with Gasteiger partial charge in [-0.2, -0.15) is 0 Å². The van der Waals surface area contributed by atoms with Crippen molar-refractivity contribution >= 4 is 6.08 Å². The van der Waals surface area contributed by atoms with Crippen LogP contribution in [-0.2, 0) is 6.61 Å². The van der Waals surface area contributed by atoms with E-state index in [-0.39, 0.29) is 6.10 Å². The second-order valence-corrected chi connectivity index (χ2v) is 10.4. The molecule has 0 radical (unpaired) electrons. The van der Waals surface area contributed by atoms with Gasteiger partial charge in [0.1, 0.15) is 18.1 Å². The normalized spacial score (nSPS) is 16.2. The van der Waals surface area contributed by atoms with Crippen molar-refractivity contribution in [2.75, 3.05) is 0 Å². The Balaban J connectivity index is 1.37. The van der Waals surface area contributed by atoms with Crippen molar-refractivity contribution in [1.82, 2.24) is 0 Å². The minimum atomic E-state index is -0.170. The lowest BCUT2D eigenvalue weighted by Crippen LogP contribution is -2.14. The van der Waals surface area contributed by atoms with Gasteiger partial charge in [0.25, 0.3) is 0 Å². The van der Waals surface area contributed by atoms with Crippen LogP contribution in [0.3, 0.4) is 0 Å². The van der Waals surface area contributed by atoms with E-state index in [0.29, 0.717) is 12.5 Å². The van der Waals surface area contributed by atoms with Crippen LogP contribution < -0.4 is 9.47 Å². The van der Waals surface area contributed by atoms with Gasteiger partial charge in [-0.3, -0.25) is 0 Å². The van der Waals surface area contributed by atoms with Gasteiger partial charge in [0.2, 0.25) is 0 Å². The van der Waals surface area contributed by atoms with Crippen molar-refractivity contribution in [2.24, 2.45) is 17.8 Å². The van der Waals surface area contributed by atoms with Crippen LogP contribution in [0, 0.1) is 29.6 Å². The second kappa shape index (κ2) is 13.9. The van der Waals surface area contributed by atoms with Gasteiger partial charge in [-0.05, 0) is 54.0 Å². The van der Waals surface area contributed by atoms with Crippen molar-refractivity contribution in [3.63, 3.8) is 0 Å². The Morgan fingerprint density at radius 2 is 1.62 bits per heavy atom. The van der Waals surface area contributed by atoms with E-state index in [1.54, 1.807) is 0 Å². The maximum Gasteiger partial charge on any atom is 0.177 e. The van der Waals surface area contributed by atoms with Gasteiger partial charge in [0, 0.05) is 12.0 Å². The molecule has 0 N–H and O–H groups in total. The SMILES string of the molecule is CC(C)CCCC(C)CCCC(C)CC#CC1C=Cc2cc(OCc3ccccc3)ccc2O1. The lowest BCUT2D eigenvalue weighted by Gasteiger charge is -2.18. The summed E-state index contributed by atoms with van der Waals surface area (Å²) < 4.78 is 12.0.